The predicted octanol–water partition coefficient (Wildman–Crippen LogP) is 2.91. The molecule has 0 bridgehead atoms. The number of halogens is 1. The zero-order valence-electron chi connectivity index (χ0n) is 9.29. The summed E-state index contributed by atoms with van der Waals surface area (Å²) in [6.45, 7) is 0.419. The summed E-state index contributed by atoms with van der Waals surface area (Å²) in [6.07, 6.45) is 8.01. The molecular formula is C12H17ClN2O. The van der Waals surface area contributed by atoms with Gasteiger partial charge in [0.2, 0.25) is 5.88 Å². The number of nitrogens with zero attached hydrogens (tertiary/aromatic N) is 1. The first-order chi connectivity index (χ1) is 7.79. The first kappa shape index (κ1) is 11.7. The Kier molecular flexibility index (Phi) is 4.02. The van der Waals surface area contributed by atoms with Crippen LogP contribution in [0.15, 0.2) is 12.3 Å². The number of ether oxygens (including phenoxy) is 1. The van der Waals surface area contributed by atoms with Gasteiger partial charge in [0.1, 0.15) is 6.10 Å². The van der Waals surface area contributed by atoms with E-state index in [0.29, 0.717) is 23.6 Å². The zero-order chi connectivity index (χ0) is 11.4. The molecule has 0 saturated heterocycles. The molecule has 88 valence electrons. The minimum Gasteiger partial charge on any atom is -0.474 e. The molecule has 1 aliphatic carbocycles. The summed E-state index contributed by atoms with van der Waals surface area (Å²) in [4.78, 5) is 4.17. The molecule has 0 amide bonds. The Labute approximate surface area is 101 Å². The van der Waals surface area contributed by atoms with Crippen molar-refractivity contribution in [2.75, 3.05) is 0 Å². The van der Waals surface area contributed by atoms with Crippen molar-refractivity contribution < 1.29 is 4.74 Å². The number of hydrogen-bond donors (Lipinski definition) is 1. The smallest absolute Gasteiger partial charge is 0.213 e. The minimum atomic E-state index is 0.313. The number of nitrogens with two attached hydrogens (primary N) is 1. The van der Waals surface area contributed by atoms with Crippen LogP contribution in [0, 0.1) is 0 Å². The van der Waals surface area contributed by atoms with Gasteiger partial charge in [-0.05, 0) is 31.2 Å². The van der Waals surface area contributed by atoms with E-state index in [1.807, 2.05) is 6.07 Å². The number of rotatable bonds is 3. The van der Waals surface area contributed by atoms with Crippen molar-refractivity contribution in [1.82, 2.24) is 4.98 Å². The van der Waals surface area contributed by atoms with Crippen LogP contribution in [-0.2, 0) is 6.54 Å². The molecule has 0 atom stereocenters. The van der Waals surface area contributed by atoms with Gasteiger partial charge in [-0.1, -0.05) is 18.0 Å². The fourth-order valence-electron chi connectivity index (χ4n) is 2.03. The molecule has 0 aliphatic heterocycles. The van der Waals surface area contributed by atoms with E-state index in [2.05, 4.69) is 4.98 Å². The molecule has 1 fully saturated rings. The van der Waals surface area contributed by atoms with E-state index in [4.69, 9.17) is 22.1 Å². The van der Waals surface area contributed by atoms with Crippen molar-refractivity contribution in [2.24, 2.45) is 5.73 Å². The Morgan fingerprint density at radius 1 is 1.38 bits per heavy atom. The van der Waals surface area contributed by atoms with Crippen LogP contribution in [-0.4, -0.2) is 11.1 Å². The Morgan fingerprint density at radius 3 is 2.81 bits per heavy atom. The standard InChI is InChI=1S/C12H17ClN2O/c13-11-8-15-12(6-9(11)7-14)16-10-4-2-1-3-5-10/h6,8,10H,1-5,7,14H2. The highest BCUT2D eigenvalue weighted by molar-refractivity contribution is 6.31. The van der Waals surface area contributed by atoms with E-state index in [9.17, 15) is 0 Å². The van der Waals surface area contributed by atoms with Gasteiger partial charge in [-0.25, -0.2) is 4.98 Å². The Balaban J connectivity index is 2.03. The molecule has 2 rings (SSSR count). The molecule has 16 heavy (non-hydrogen) atoms. The third kappa shape index (κ3) is 2.86. The van der Waals surface area contributed by atoms with Crippen LogP contribution < -0.4 is 10.5 Å². The van der Waals surface area contributed by atoms with E-state index in [0.717, 1.165) is 18.4 Å². The van der Waals surface area contributed by atoms with E-state index in [1.54, 1.807) is 6.20 Å². The molecule has 2 N–H and O–H groups in total. The molecule has 0 unspecified atom stereocenters. The molecule has 0 aromatic carbocycles. The van der Waals surface area contributed by atoms with E-state index < -0.39 is 0 Å². The quantitative estimate of drug-likeness (QED) is 0.884. The highest BCUT2D eigenvalue weighted by atomic mass is 35.5. The molecule has 1 saturated carbocycles. The van der Waals surface area contributed by atoms with Crippen LogP contribution in [0.5, 0.6) is 5.88 Å². The van der Waals surface area contributed by atoms with Crippen molar-refractivity contribution in [1.29, 1.82) is 0 Å². The SMILES string of the molecule is NCc1cc(OC2CCCCC2)ncc1Cl. The van der Waals surface area contributed by atoms with Crippen LogP contribution in [0.25, 0.3) is 0 Å². The Bertz CT molecular complexity index is 351. The van der Waals surface area contributed by atoms with Crippen LogP contribution in [0.2, 0.25) is 5.02 Å². The van der Waals surface area contributed by atoms with Crippen LogP contribution in [0.1, 0.15) is 37.7 Å². The Hall–Kier alpha value is -0.800. The van der Waals surface area contributed by atoms with Crippen molar-refractivity contribution in [2.45, 2.75) is 44.8 Å². The maximum Gasteiger partial charge on any atom is 0.213 e. The Morgan fingerprint density at radius 2 is 2.12 bits per heavy atom. The molecular weight excluding hydrogens is 224 g/mol. The normalized spacial score (nSPS) is 17.4. The number of pyridine rings is 1. The van der Waals surface area contributed by atoms with Crippen LogP contribution >= 0.6 is 11.6 Å². The fraction of sp³-hybridized carbons (Fsp3) is 0.583. The first-order valence-corrected chi connectivity index (χ1v) is 6.18. The van der Waals surface area contributed by atoms with Gasteiger partial charge in [-0.15, -0.1) is 0 Å². The lowest BCUT2D eigenvalue weighted by atomic mass is 9.98. The van der Waals surface area contributed by atoms with Crippen molar-refractivity contribution >= 4 is 11.6 Å². The zero-order valence-corrected chi connectivity index (χ0v) is 10.0. The van der Waals surface area contributed by atoms with Gasteiger partial charge >= 0.3 is 0 Å². The van der Waals surface area contributed by atoms with Crippen LogP contribution in [0.3, 0.4) is 0 Å². The lowest BCUT2D eigenvalue weighted by Crippen LogP contribution is -2.20. The molecule has 1 aromatic heterocycles. The lowest BCUT2D eigenvalue weighted by Gasteiger charge is -2.22. The summed E-state index contributed by atoms with van der Waals surface area (Å²) in [6, 6.07) is 1.84. The van der Waals surface area contributed by atoms with E-state index in [1.165, 1.54) is 19.3 Å². The summed E-state index contributed by atoms with van der Waals surface area (Å²) < 4.78 is 5.83. The second-order valence-electron chi connectivity index (χ2n) is 4.20. The van der Waals surface area contributed by atoms with Gasteiger partial charge < -0.3 is 10.5 Å². The number of aromatic nitrogens is 1. The molecule has 1 heterocycles. The van der Waals surface area contributed by atoms with Gasteiger partial charge in [0.25, 0.3) is 0 Å². The fourth-order valence-corrected chi connectivity index (χ4v) is 2.21. The molecule has 1 aromatic rings. The summed E-state index contributed by atoms with van der Waals surface area (Å²) >= 11 is 5.94. The third-order valence-electron chi connectivity index (χ3n) is 2.97. The highest BCUT2D eigenvalue weighted by Crippen LogP contribution is 2.24. The maximum atomic E-state index is 5.94. The average Bonchev–Trinajstić information content (AvgIpc) is 2.33. The first-order valence-electron chi connectivity index (χ1n) is 5.80. The molecule has 1 aliphatic rings. The van der Waals surface area contributed by atoms with Gasteiger partial charge in [0.05, 0.1) is 5.02 Å². The van der Waals surface area contributed by atoms with Crippen molar-refractivity contribution in [3.05, 3.63) is 22.8 Å². The molecule has 0 radical (unpaired) electrons. The second-order valence-corrected chi connectivity index (χ2v) is 4.60. The maximum absolute atomic E-state index is 5.94. The van der Waals surface area contributed by atoms with E-state index in [-0.39, 0.29) is 0 Å². The van der Waals surface area contributed by atoms with Crippen molar-refractivity contribution in [3.63, 3.8) is 0 Å². The van der Waals surface area contributed by atoms with E-state index >= 15 is 0 Å². The molecule has 3 nitrogen and oxygen atoms in total. The van der Waals surface area contributed by atoms with Gasteiger partial charge in [-0.2, -0.15) is 0 Å². The largest absolute Gasteiger partial charge is 0.474 e. The average molecular weight is 241 g/mol. The van der Waals surface area contributed by atoms with Crippen LogP contribution in [0.4, 0.5) is 0 Å². The van der Waals surface area contributed by atoms with Gasteiger partial charge in [0, 0.05) is 18.8 Å². The predicted molar refractivity (Wildman–Crippen MR) is 64.6 cm³/mol. The second kappa shape index (κ2) is 5.51. The summed E-state index contributed by atoms with van der Waals surface area (Å²) in [5.41, 5.74) is 6.48. The minimum absolute atomic E-state index is 0.313. The molecule has 4 heteroatoms. The van der Waals surface area contributed by atoms with Gasteiger partial charge in [-0.3, -0.25) is 0 Å². The highest BCUT2D eigenvalue weighted by Gasteiger charge is 2.15. The lowest BCUT2D eigenvalue weighted by molar-refractivity contribution is 0.148. The number of hydrogen-bond acceptors (Lipinski definition) is 3. The summed E-state index contributed by atoms with van der Waals surface area (Å²) in [5, 5.41) is 0.610. The van der Waals surface area contributed by atoms with Gasteiger partial charge in [0.15, 0.2) is 0 Å². The molecule has 0 spiro atoms. The monoisotopic (exact) mass is 240 g/mol. The topological polar surface area (TPSA) is 48.1 Å². The van der Waals surface area contributed by atoms with Crippen molar-refractivity contribution in [3.8, 4) is 5.88 Å². The summed E-state index contributed by atoms with van der Waals surface area (Å²) in [5.74, 6) is 0.650. The summed E-state index contributed by atoms with van der Waals surface area (Å²) in [7, 11) is 0. The third-order valence-corrected chi connectivity index (χ3v) is 3.31.